The number of carbonyl (C=O) groups is 1. The first-order valence-corrected chi connectivity index (χ1v) is 7.63. The Morgan fingerprint density at radius 3 is 2.79 bits per heavy atom. The fraction of sp³-hybridized carbons (Fsp3) is 0.111. The summed E-state index contributed by atoms with van der Waals surface area (Å²) in [7, 11) is -3.92. The van der Waals surface area contributed by atoms with Gasteiger partial charge in [0, 0.05) is 6.20 Å². The molecule has 0 unspecified atom stereocenters. The number of amides is 1. The van der Waals surface area contributed by atoms with E-state index >= 15 is 0 Å². The summed E-state index contributed by atoms with van der Waals surface area (Å²) in [5.74, 6) is -0.616. The number of carbonyl (C=O) groups excluding carboxylic acids is 1. The first kappa shape index (κ1) is 12.5. The lowest BCUT2D eigenvalue weighted by Gasteiger charge is -2.11. The fourth-order valence-corrected chi connectivity index (χ4v) is 4.07. The predicted molar refractivity (Wildman–Crippen MR) is 66.2 cm³/mol. The minimum atomic E-state index is -3.92. The number of hydrogen-bond donors (Lipinski definition) is 0. The average molecular weight is 317 g/mol. The molecule has 98 valence electrons. The Hall–Kier alpha value is -1.58. The van der Waals surface area contributed by atoms with Crippen molar-refractivity contribution in [1.82, 2.24) is 19.5 Å². The van der Waals surface area contributed by atoms with E-state index in [1.54, 1.807) is 0 Å². The van der Waals surface area contributed by atoms with Crippen LogP contribution in [0, 0.1) is 0 Å². The highest BCUT2D eigenvalue weighted by Crippen LogP contribution is 2.30. The van der Waals surface area contributed by atoms with E-state index < -0.39 is 15.9 Å². The highest BCUT2D eigenvalue weighted by molar-refractivity contribution is 7.90. The Balaban J connectivity index is 2.03. The van der Waals surface area contributed by atoms with Crippen molar-refractivity contribution in [3.8, 4) is 0 Å². The topological polar surface area (TPSA) is 93.1 Å². The van der Waals surface area contributed by atoms with E-state index in [1.165, 1.54) is 18.3 Å². The molecule has 0 aromatic carbocycles. The molecule has 3 heterocycles. The molecule has 0 aliphatic carbocycles. The maximum Gasteiger partial charge on any atom is 0.285 e. The summed E-state index contributed by atoms with van der Waals surface area (Å²) >= 11 is 6.64. The largest absolute Gasteiger partial charge is 0.285 e. The van der Waals surface area contributed by atoms with Crippen molar-refractivity contribution in [2.45, 2.75) is 11.6 Å². The summed E-state index contributed by atoms with van der Waals surface area (Å²) in [6, 6.07) is 2.94. The van der Waals surface area contributed by atoms with E-state index in [0.717, 1.165) is 15.6 Å². The Morgan fingerprint density at radius 2 is 2.16 bits per heavy atom. The standard InChI is InChI=1S/C9H5ClN4O3S2/c10-9-13-12-6(18-9)4-14-8(15)5-2-1-3-11-7(5)19(14,16)17/h1-3H,4H2. The predicted octanol–water partition coefficient (Wildman–Crippen LogP) is 0.931. The van der Waals surface area contributed by atoms with Gasteiger partial charge in [-0.3, -0.25) is 4.79 Å². The lowest BCUT2D eigenvalue weighted by molar-refractivity contribution is 0.0864. The lowest BCUT2D eigenvalue weighted by Crippen LogP contribution is -2.29. The Morgan fingerprint density at radius 1 is 1.37 bits per heavy atom. The van der Waals surface area contributed by atoms with Crippen LogP contribution in [-0.4, -0.2) is 33.8 Å². The molecule has 0 spiro atoms. The molecule has 19 heavy (non-hydrogen) atoms. The summed E-state index contributed by atoms with van der Waals surface area (Å²) in [4.78, 5) is 15.8. The Bertz CT molecular complexity index is 773. The molecule has 0 fully saturated rings. The molecule has 0 radical (unpaired) electrons. The summed E-state index contributed by atoms with van der Waals surface area (Å²) in [6.07, 6.45) is 1.33. The molecule has 2 aromatic heterocycles. The first-order chi connectivity index (χ1) is 9.00. The van der Waals surface area contributed by atoms with Gasteiger partial charge in [-0.15, -0.1) is 10.2 Å². The van der Waals surface area contributed by atoms with Crippen molar-refractivity contribution in [3.63, 3.8) is 0 Å². The zero-order valence-electron chi connectivity index (χ0n) is 9.15. The molecule has 1 aliphatic heterocycles. The van der Waals surface area contributed by atoms with E-state index in [0.29, 0.717) is 5.01 Å². The second-order valence-corrected chi connectivity index (χ2v) is 7.04. The number of hydrogen-bond acceptors (Lipinski definition) is 7. The molecule has 3 rings (SSSR count). The zero-order valence-corrected chi connectivity index (χ0v) is 11.5. The van der Waals surface area contributed by atoms with Crippen LogP contribution in [0.1, 0.15) is 15.4 Å². The molecule has 0 saturated carbocycles. The van der Waals surface area contributed by atoms with Crippen LogP contribution in [-0.2, 0) is 16.6 Å². The van der Waals surface area contributed by atoms with Gasteiger partial charge in [0.25, 0.3) is 15.9 Å². The number of halogens is 1. The van der Waals surface area contributed by atoms with Gasteiger partial charge in [-0.2, -0.15) is 8.42 Å². The second-order valence-electron chi connectivity index (χ2n) is 3.62. The van der Waals surface area contributed by atoms with Crippen molar-refractivity contribution in [3.05, 3.63) is 33.4 Å². The van der Waals surface area contributed by atoms with Gasteiger partial charge in [0.15, 0.2) is 5.03 Å². The van der Waals surface area contributed by atoms with Gasteiger partial charge >= 0.3 is 0 Å². The van der Waals surface area contributed by atoms with Gasteiger partial charge < -0.3 is 0 Å². The number of fused-ring (bicyclic) bond motifs is 1. The van der Waals surface area contributed by atoms with Crippen molar-refractivity contribution in [2.24, 2.45) is 0 Å². The van der Waals surface area contributed by atoms with Gasteiger partial charge in [0.2, 0.25) is 4.47 Å². The fourth-order valence-electron chi connectivity index (χ4n) is 1.68. The zero-order chi connectivity index (χ0) is 13.6. The summed E-state index contributed by atoms with van der Waals surface area (Å²) in [6.45, 7) is -0.193. The SMILES string of the molecule is O=C1c2cccnc2S(=O)(=O)N1Cc1nnc(Cl)s1. The van der Waals surface area contributed by atoms with Gasteiger partial charge in [0.05, 0.1) is 12.1 Å². The minimum Gasteiger partial charge on any atom is -0.268 e. The maximum atomic E-state index is 12.2. The maximum absolute atomic E-state index is 12.2. The van der Waals surface area contributed by atoms with Crippen LogP contribution in [0.4, 0.5) is 0 Å². The third-order valence-corrected chi connectivity index (χ3v) is 5.18. The highest BCUT2D eigenvalue weighted by Gasteiger charge is 2.42. The van der Waals surface area contributed by atoms with Crippen LogP contribution in [0.3, 0.4) is 0 Å². The minimum absolute atomic E-state index is 0.0677. The molecular weight excluding hydrogens is 312 g/mol. The molecule has 0 N–H and O–H groups in total. The summed E-state index contributed by atoms with van der Waals surface area (Å²) in [5, 5.41) is 7.38. The highest BCUT2D eigenvalue weighted by atomic mass is 35.5. The number of aromatic nitrogens is 3. The molecule has 1 amide bonds. The third-order valence-electron chi connectivity index (χ3n) is 2.48. The quantitative estimate of drug-likeness (QED) is 0.818. The van der Waals surface area contributed by atoms with E-state index in [9.17, 15) is 13.2 Å². The summed E-state index contributed by atoms with van der Waals surface area (Å²) in [5.41, 5.74) is 0.0677. The van der Waals surface area contributed by atoms with Crippen LogP contribution in [0.2, 0.25) is 4.47 Å². The van der Waals surface area contributed by atoms with Crippen LogP contribution < -0.4 is 0 Å². The van der Waals surface area contributed by atoms with Gasteiger partial charge in [-0.05, 0) is 23.7 Å². The van der Waals surface area contributed by atoms with E-state index in [1.807, 2.05) is 0 Å². The monoisotopic (exact) mass is 316 g/mol. The van der Waals surface area contributed by atoms with Crippen LogP contribution >= 0.6 is 22.9 Å². The Labute approximate surface area is 116 Å². The normalized spacial score (nSPS) is 16.7. The molecule has 0 saturated heterocycles. The molecule has 10 heteroatoms. The van der Waals surface area contributed by atoms with Gasteiger partial charge in [-0.25, -0.2) is 9.29 Å². The number of pyridine rings is 1. The Kier molecular flexibility index (Phi) is 2.77. The van der Waals surface area contributed by atoms with E-state index in [4.69, 9.17) is 11.6 Å². The molecule has 0 bridgehead atoms. The van der Waals surface area contributed by atoms with E-state index in [2.05, 4.69) is 15.2 Å². The number of sulfonamides is 1. The van der Waals surface area contributed by atoms with Crippen LogP contribution in [0.5, 0.6) is 0 Å². The van der Waals surface area contributed by atoms with Crippen LogP contribution in [0.15, 0.2) is 23.4 Å². The number of nitrogens with zero attached hydrogens (tertiary/aromatic N) is 4. The van der Waals surface area contributed by atoms with Crippen molar-refractivity contribution in [1.29, 1.82) is 0 Å². The molecule has 2 aromatic rings. The molecule has 7 nitrogen and oxygen atoms in total. The van der Waals surface area contributed by atoms with Gasteiger partial charge in [0.1, 0.15) is 5.01 Å². The average Bonchev–Trinajstić information content (AvgIpc) is 2.87. The first-order valence-electron chi connectivity index (χ1n) is 5.00. The second kappa shape index (κ2) is 4.22. The molecular formula is C9H5ClN4O3S2. The molecule has 1 aliphatic rings. The molecule has 0 atom stereocenters. The van der Waals surface area contributed by atoms with Crippen molar-refractivity contribution < 1.29 is 13.2 Å². The van der Waals surface area contributed by atoms with Crippen LogP contribution in [0.25, 0.3) is 0 Å². The smallest absolute Gasteiger partial charge is 0.268 e. The van der Waals surface area contributed by atoms with E-state index in [-0.39, 0.29) is 21.6 Å². The van der Waals surface area contributed by atoms with Gasteiger partial charge in [-0.1, -0.05) is 11.3 Å². The lowest BCUT2D eigenvalue weighted by atomic mass is 10.3. The number of rotatable bonds is 2. The third kappa shape index (κ3) is 1.90. The van der Waals surface area contributed by atoms with Crippen molar-refractivity contribution >= 4 is 38.9 Å². The summed E-state index contributed by atoms with van der Waals surface area (Å²) < 4.78 is 25.3. The van der Waals surface area contributed by atoms with Crippen molar-refractivity contribution in [2.75, 3.05) is 0 Å².